The highest BCUT2D eigenvalue weighted by Gasteiger charge is 2.26. The summed E-state index contributed by atoms with van der Waals surface area (Å²) in [6.07, 6.45) is 0. The predicted molar refractivity (Wildman–Crippen MR) is 134 cm³/mol. The number of rotatable bonds is 8. The quantitative estimate of drug-likeness (QED) is 0.356. The molecule has 34 heavy (non-hydrogen) atoms. The molecule has 3 heterocycles. The lowest BCUT2D eigenvalue weighted by Gasteiger charge is -2.34. The number of carbonyl (C=O) groups excluding carboxylic acids is 1. The molecule has 1 unspecified atom stereocenters. The standard InChI is InChI=1S/C25H26N4O3S2/c1-17-27-28-25(34-17)33-16-20-19-9-5-6-10-22(19)32-23(20)24(30)26-15-21(18-7-3-2-4-8-18)29-11-13-31-14-12-29/h2-10,21H,11-16H2,1H3,(H,26,30). The SMILES string of the molecule is Cc1nnc(SCc2c(C(=O)NCC(c3ccccc3)N3CCOCC3)oc3ccccc23)s1. The van der Waals surface area contributed by atoms with E-state index < -0.39 is 0 Å². The lowest BCUT2D eigenvalue weighted by Crippen LogP contribution is -2.43. The number of para-hydroxylation sites is 1. The first kappa shape index (κ1) is 23.0. The third kappa shape index (κ3) is 5.17. The van der Waals surface area contributed by atoms with Crippen LogP contribution >= 0.6 is 23.1 Å². The molecule has 9 heteroatoms. The molecule has 1 N–H and O–H groups in total. The summed E-state index contributed by atoms with van der Waals surface area (Å²) in [4.78, 5) is 15.8. The first-order chi connectivity index (χ1) is 16.7. The Morgan fingerprint density at radius 1 is 1.12 bits per heavy atom. The number of hydrogen-bond acceptors (Lipinski definition) is 8. The second-order valence-corrected chi connectivity index (χ2v) is 10.5. The molecule has 0 bridgehead atoms. The van der Waals surface area contributed by atoms with E-state index in [9.17, 15) is 4.79 Å². The third-order valence-corrected chi connectivity index (χ3v) is 7.88. The summed E-state index contributed by atoms with van der Waals surface area (Å²) in [5.41, 5.74) is 2.77. The number of amides is 1. The average Bonchev–Trinajstić information content (AvgIpc) is 3.47. The number of ether oxygens (including phenoxy) is 1. The van der Waals surface area contributed by atoms with Crippen LogP contribution < -0.4 is 5.32 Å². The summed E-state index contributed by atoms with van der Waals surface area (Å²) in [6.45, 7) is 5.50. The Balaban J connectivity index is 1.36. The Hall–Kier alpha value is -2.72. The fourth-order valence-corrected chi connectivity index (χ4v) is 6.03. The molecule has 1 atom stereocenters. The van der Waals surface area contributed by atoms with Crippen molar-refractivity contribution >= 4 is 40.0 Å². The second kappa shape index (κ2) is 10.7. The van der Waals surface area contributed by atoms with E-state index in [2.05, 4.69) is 32.5 Å². The number of aryl methyl sites for hydroxylation is 1. The van der Waals surface area contributed by atoms with Crippen molar-refractivity contribution in [3.8, 4) is 0 Å². The van der Waals surface area contributed by atoms with Gasteiger partial charge in [0, 0.05) is 36.3 Å². The highest BCUT2D eigenvalue weighted by atomic mass is 32.2. The Kier molecular flexibility index (Phi) is 7.24. The summed E-state index contributed by atoms with van der Waals surface area (Å²) in [6, 6.07) is 18.2. The van der Waals surface area contributed by atoms with Crippen molar-refractivity contribution < 1.29 is 13.9 Å². The molecule has 176 valence electrons. The maximum absolute atomic E-state index is 13.4. The van der Waals surface area contributed by atoms with Crippen LogP contribution in [-0.4, -0.2) is 53.9 Å². The zero-order valence-corrected chi connectivity index (χ0v) is 20.5. The van der Waals surface area contributed by atoms with Gasteiger partial charge in [-0.05, 0) is 18.6 Å². The van der Waals surface area contributed by atoms with Gasteiger partial charge in [0.25, 0.3) is 5.91 Å². The normalized spacial score (nSPS) is 15.4. The van der Waals surface area contributed by atoms with Crippen LogP contribution in [0.5, 0.6) is 0 Å². The number of nitrogens with one attached hydrogen (secondary N) is 1. The van der Waals surface area contributed by atoms with Crippen molar-refractivity contribution in [1.82, 2.24) is 20.4 Å². The molecule has 0 saturated carbocycles. The van der Waals surface area contributed by atoms with E-state index in [-0.39, 0.29) is 11.9 Å². The van der Waals surface area contributed by atoms with Gasteiger partial charge in [-0.15, -0.1) is 10.2 Å². The van der Waals surface area contributed by atoms with E-state index in [1.807, 2.05) is 49.4 Å². The van der Waals surface area contributed by atoms with Gasteiger partial charge in [-0.2, -0.15) is 0 Å². The maximum Gasteiger partial charge on any atom is 0.287 e. The van der Waals surface area contributed by atoms with Crippen molar-refractivity contribution in [3.05, 3.63) is 76.5 Å². The molecule has 1 saturated heterocycles. The van der Waals surface area contributed by atoms with Gasteiger partial charge in [0.2, 0.25) is 0 Å². The minimum Gasteiger partial charge on any atom is -0.451 e. The van der Waals surface area contributed by atoms with Gasteiger partial charge in [0.05, 0.1) is 19.3 Å². The van der Waals surface area contributed by atoms with Crippen LogP contribution in [0.1, 0.15) is 32.7 Å². The van der Waals surface area contributed by atoms with Gasteiger partial charge in [0.1, 0.15) is 10.6 Å². The first-order valence-corrected chi connectivity index (χ1v) is 13.1. The van der Waals surface area contributed by atoms with E-state index in [0.29, 0.717) is 36.9 Å². The second-order valence-electron chi connectivity index (χ2n) is 8.07. The number of aromatic nitrogens is 2. The van der Waals surface area contributed by atoms with Crippen LogP contribution in [0.3, 0.4) is 0 Å². The minimum atomic E-state index is -0.200. The van der Waals surface area contributed by atoms with Gasteiger partial charge in [-0.3, -0.25) is 9.69 Å². The Bertz CT molecular complexity index is 1250. The van der Waals surface area contributed by atoms with E-state index in [1.165, 1.54) is 5.56 Å². The van der Waals surface area contributed by atoms with Crippen LogP contribution in [0, 0.1) is 6.92 Å². The van der Waals surface area contributed by atoms with Gasteiger partial charge >= 0.3 is 0 Å². The summed E-state index contributed by atoms with van der Waals surface area (Å²) in [5.74, 6) is 0.748. The van der Waals surface area contributed by atoms with Crippen molar-refractivity contribution in [3.63, 3.8) is 0 Å². The predicted octanol–water partition coefficient (Wildman–Crippen LogP) is 4.69. The summed E-state index contributed by atoms with van der Waals surface area (Å²) in [7, 11) is 0. The molecule has 2 aromatic carbocycles. The average molecular weight is 495 g/mol. The minimum absolute atomic E-state index is 0.0700. The fraction of sp³-hybridized carbons (Fsp3) is 0.320. The van der Waals surface area contributed by atoms with Gasteiger partial charge in [0.15, 0.2) is 10.1 Å². The molecule has 7 nitrogen and oxygen atoms in total. The Morgan fingerprint density at radius 2 is 1.88 bits per heavy atom. The van der Waals surface area contributed by atoms with E-state index in [4.69, 9.17) is 9.15 Å². The molecule has 1 amide bonds. The zero-order valence-electron chi connectivity index (χ0n) is 18.9. The third-order valence-electron chi connectivity index (χ3n) is 5.88. The molecule has 4 aromatic rings. The van der Waals surface area contributed by atoms with Gasteiger partial charge in [-0.1, -0.05) is 71.6 Å². The molecule has 2 aromatic heterocycles. The molecular formula is C25H26N4O3S2. The summed E-state index contributed by atoms with van der Waals surface area (Å²) in [5, 5.41) is 13.3. The highest BCUT2D eigenvalue weighted by molar-refractivity contribution is 8.00. The van der Waals surface area contributed by atoms with Crippen molar-refractivity contribution in [2.75, 3.05) is 32.8 Å². The number of thioether (sulfide) groups is 1. The number of benzene rings is 2. The van der Waals surface area contributed by atoms with Crippen LogP contribution in [0.2, 0.25) is 0 Å². The highest BCUT2D eigenvalue weighted by Crippen LogP contribution is 2.33. The number of fused-ring (bicyclic) bond motifs is 1. The lowest BCUT2D eigenvalue weighted by atomic mass is 10.0. The lowest BCUT2D eigenvalue weighted by molar-refractivity contribution is 0.0161. The first-order valence-electron chi connectivity index (χ1n) is 11.3. The van der Waals surface area contributed by atoms with Crippen LogP contribution in [0.4, 0.5) is 0 Å². The summed E-state index contributed by atoms with van der Waals surface area (Å²) < 4.78 is 12.5. The number of furan rings is 1. The zero-order chi connectivity index (χ0) is 23.3. The topological polar surface area (TPSA) is 80.5 Å². The molecule has 1 fully saturated rings. The van der Waals surface area contributed by atoms with E-state index in [0.717, 1.165) is 33.4 Å². The van der Waals surface area contributed by atoms with Crippen LogP contribution in [-0.2, 0) is 10.5 Å². The molecule has 0 aliphatic carbocycles. The van der Waals surface area contributed by atoms with Gasteiger partial charge < -0.3 is 14.5 Å². The van der Waals surface area contributed by atoms with Gasteiger partial charge in [-0.25, -0.2) is 0 Å². The van der Waals surface area contributed by atoms with Crippen molar-refractivity contribution in [2.45, 2.75) is 23.1 Å². The molecule has 5 rings (SSSR count). The number of morpholine rings is 1. The Morgan fingerprint density at radius 3 is 2.65 bits per heavy atom. The maximum atomic E-state index is 13.4. The van der Waals surface area contributed by atoms with Crippen LogP contribution in [0.25, 0.3) is 11.0 Å². The number of hydrogen-bond donors (Lipinski definition) is 1. The monoisotopic (exact) mass is 494 g/mol. The van der Waals surface area contributed by atoms with Crippen molar-refractivity contribution in [1.29, 1.82) is 0 Å². The van der Waals surface area contributed by atoms with Crippen molar-refractivity contribution in [2.24, 2.45) is 0 Å². The molecular weight excluding hydrogens is 468 g/mol. The molecule has 1 aliphatic heterocycles. The number of carbonyl (C=O) groups is 1. The Labute approximate surface area is 206 Å². The summed E-state index contributed by atoms with van der Waals surface area (Å²) >= 11 is 3.12. The largest absolute Gasteiger partial charge is 0.451 e. The van der Waals surface area contributed by atoms with E-state index >= 15 is 0 Å². The number of nitrogens with zero attached hydrogens (tertiary/aromatic N) is 3. The molecule has 1 aliphatic rings. The fourth-order valence-electron chi connectivity index (χ4n) is 4.19. The molecule has 0 spiro atoms. The smallest absolute Gasteiger partial charge is 0.287 e. The van der Waals surface area contributed by atoms with Crippen LogP contribution in [0.15, 0.2) is 63.4 Å². The van der Waals surface area contributed by atoms with E-state index in [1.54, 1.807) is 23.1 Å². The molecule has 0 radical (unpaired) electrons.